The summed E-state index contributed by atoms with van der Waals surface area (Å²) >= 11 is 5.75. The molecule has 0 spiro atoms. The summed E-state index contributed by atoms with van der Waals surface area (Å²) in [5.41, 5.74) is 0.0736. The predicted molar refractivity (Wildman–Crippen MR) is 62.0 cm³/mol. The van der Waals surface area contributed by atoms with Crippen molar-refractivity contribution in [2.45, 2.75) is 6.61 Å². The van der Waals surface area contributed by atoms with Crippen LogP contribution in [0.2, 0.25) is 5.02 Å². The highest BCUT2D eigenvalue weighted by atomic mass is 35.5. The SMILES string of the molecule is O=C(O)COCc1nnc(-c2cc(Cl)ccc2F)o1. The van der Waals surface area contributed by atoms with Crippen molar-refractivity contribution in [1.82, 2.24) is 10.2 Å². The molecular weight excluding hydrogens is 279 g/mol. The van der Waals surface area contributed by atoms with Crippen LogP contribution >= 0.6 is 11.6 Å². The molecule has 0 amide bonds. The fourth-order valence-corrected chi connectivity index (χ4v) is 1.48. The summed E-state index contributed by atoms with van der Waals surface area (Å²) in [6.45, 7) is -0.648. The Morgan fingerprint density at radius 1 is 1.47 bits per heavy atom. The molecule has 0 saturated carbocycles. The number of carbonyl (C=O) groups is 1. The summed E-state index contributed by atoms with van der Waals surface area (Å²) in [7, 11) is 0. The lowest BCUT2D eigenvalue weighted by atomic mass is 10.2. The van der Waals surface area contributed by atoms with Crippen LogP contribution in [-0.4, -0.2) is 27.9 Å². The molecule has 0 aliphatic rings. The molecule has 2 rings (SSSR count). The fourth-order valence-electron chi connectivity index (χ4n) is 1.31. The lowest BCUT2D eigenvalue weighted by Crippen LogP contribution is -2.06. The summed E-state index contributed by atoms with van der Waals surface area (Å²) in [5, 5.41) is 16.0. The summed E-state index contributed by atoms with van der Waals surface area (Å²) in [5.74, 6) is -1.66. The van der Waals surface area contributed by atoms with Gasteiger partial charge in [-0.25, -0.2) is 9.18 Å². The highest BCUT2D eigenvalue weighted by molar-refractivity contribution is 6.30. The van der Waals surface area contributed by atoms with Crippen molar-refractivity contribution in [3.63, 3.8) is 0 Å². The van der Waals surface area contributed by atoms with Crippen molar-refractivity contribution in [3.8, 4) is 11.5 Å². The molecule has 1 aromatic carbocycles. The van der Waals surface area contributed by atoms with Crippen LogP contribution in [-0.2, 0) is 16.1 Å². The Morgan fingerprint density at radius 2 is 2.26 bits per heavy atom. The zero-order valence-corrected chi connectivity index (χ0v) is 10.2. The second kappa shape index (κ2) is 5.77. The number of ether oxygens (including phenoxy) is 1. The summed E-state index contributed by atoms with van der Waals surface area (Å²) in [6.07, 6.45) is 0. The van der Waals surface area contributed by atoms with E-state index in [0.29, 0.717) is 5.02 Å². The summed E-state index contributed by atoms with van der Waals surface area (Å²) in [4.78, 5) is 10.2. The molecule has 0 saturated heterocycles. The Bertz CT molecular complexity index is 602. The van der Waals surface area contributed by atoms with Gasteiger partial charge in [0, 0.05) is 5.02 Å². The van der Waals surface area contributed by atoms with Crippen LogP contribution in [0.5, 0.6) is 0 Å². The quantitative estimate of drug-likeness (QED) is 0.906. The number of rotatable bonds is 5. The van der Waals surface area contributed by atoms with Crippen molar-refractivity contribution in [2.75, 3.05) is 6.61 Å². The van der Waals surface area contributed by atoms with Gasteiger partial charge in [0.05, 0.1) is 5.56 Å². The Labute approximate surface area is 111 Å². The van der Waals surface area contributed by atoms with Crippen molar-refractivity contribution in [3.05, 3.63) is 34.9 Å². The minimum absolute atomic E-state index is 0.0473. The maximum atomic E-state index is 13.5. The number of hydrogen-bond acceptors (Lipinski definition) is 5. The van der Waals surface area contributed by atoms with E-state index in [1.807, 2.05) is 0 Å². The van der Waals surface area contributed by atoms with Crippen LogP contribution in [0.15, 0.2) is 22.6 Å². The normalized spacial score (nSPS) is 10.6. The van der Waals surface area contributed by atoms with E-state index in [-0.39, 0.29) is 24.0 Å². The van der Waals surface area contributed by atoms with Gasteiger partial charge in [0.15, 0.2) is 0 Å². The second-order valence-corrected chi connectivity index (χ2v) is 3.95. The molecule has 0 atom stereocenters. The molecule has 19 heavy (non-hydrogen) atoms. The van der Waals surface area contributed by atoms with Gasteiger partial charge >= 0.3 is 5.97 Å². The number of hydrogen-bond donors (Lipinski definition) is 1. The van der Waals surface area contributed by atoms with E-state index < -0.39 is 18.4 Å². The van der Waals surface area contributed by atoms with Crippen molar-refractivity contribution in [2.24, 2.45) is 0 Å². The molecule has 100 valence electrons. The molecule has 1 aromatic heterocycles. The summed E-state index contributed by atoms with van der Waals surface area (Å²) in [6, 6.07) is 3.93. The zero-order valence-electron chi connectivity index (χ0n) is 9.47. The average Bonchev–Trinajstić information content (AvgIpc) is 2.80. The first-order chi connectivity index (χ1) is 9.06. The average molecular weight is 287 g/mol. The number of aliphatic carboxylic acids is 1. The molecule has 0 bridgehead atoms. The largest absolute Gasteiger partial charge is 0.480 e. The Hall–Kier alpha value is -1.99. The van der Waals surface area contributed by atoms with Gasteiger partial charge in [0.2, 0.25) is 5.89 Å². The van der Waals surface area contributed by atoms with Crippen LogP contribution < -0.4 is 0 Å². The molecule has 8 heteroatoms. The lowest BCUT2D eigenvalue weighted by molar-refractivity contribution is -0.142. The van der Waals surface area contributed by atoms with Gasteiger partial charge in [0.1, 0.15) is 19.0 Å². The number of benzene rings is 1. The van der Waals surface area contributed by atoms with Crippen LogP contribution in [0.25, 0.3) is 11.5 Å². The molecule has 0 aliphatic carbocycles. The van der Waals surface area contributed by atoms with Gasteiger partial charge in [-0.15, -0.1) is 10.2 Å². The molecule has 0 aliphatic heterocycles. The van der Waals surface area contributed by atoms with Crippen LogP contribution in [0.3, 0.4) is 0 Å². The molecule has 6 nitrogen and oxygen atoms in total. The fraction of sp³-hybridized carbons (Fsp3) is 0.182. The predicted octanol–water partition coefficient (Wildman–Crippen LogP) is 2.13. The Balaban J connectivity index is 2.12. The number of carboxylic acids is 1. The highest BCUT2D eigenvalue weighted by Crippen LogP contribution is 2.24. The minimum atomic E-state index is -1.11. The third-order valence-corrected chi connectivity index (χ3v) is 2.31. The van der Waals surface area contributed by atoms with E-state index in [9.17, 15) is 9.18 Å². The molecule has 0 fully saturated rings. The van der Waals surface area contributed by atoms with Gasteiger partial charge in [-0.2, -0.15) is 0 Å². The number of nitrogens with zero attached hydrogens (tertiary/aromatic N) is 2. The van der Waals surface area contributed by atoms with Crippen LogP contribution in [0.4, 0.5) is 4.39 Å². The maximum Gasteiger partial charge on any atom is 0.329 e. The molecule has 1 N–H and O–H groups in total. The number of aromatic nitrogens is 2. The molecular formula is C11H8ClFN2O4. The molecule has 1 heterocycles. The van der Waals surface area contributed by atoms with Crippen LogP contribution in [0.1, 0.15) is 5.89 Å². The van der Waals surface area contributed by atoms with E-state index in [2.05, 4.69) is 10.2 Å². The first kappa shape index (κ1) is 13.4. The zero-order chi connectivity index (χ0) is 13.8. The molecule has 0 unspecified atom stereocenters. The molecule has 2 aromatic rings. The third-order valence-electron chi connectivity index (χ3n) is 2.08. The summed E-state index contributed by atoms with van der Waals surface area (Å²) < 4.78 is 23.4. The topological polar surface area (TPSA) is 85.5 Å². The first-order valence-corrected chi connectivity index (χ1v) is 5.51. The van der Waals surface area contributed by atoms with Gasteiger partial charge < -0.3 is 14.3 Å². The third kappa shape index (κ3) is 3.49. The maximum absolute atomic E-state index is 13.5. The Kier molecular flexibility index (Phi) is 4.08. The highest BCUT2D eigenvalue weighted by Gasteiger charge is 2.13. The van der Waals surface area contributed by atoms with Crippen molar-refractivity contribution < 1.29 is 23.4 Å². The van der Waals surface area contributed by atoms with Gasteiger partial charge in [-0.05, 0) is 18.2 Å². The van der Waals surface area contributed by atoms with Gasteiger partial charge in [-0.1, -0.05) is 11.6 Å². The smallest absolute Gasteiger partial charge is 0.329 e. The Morgan fingerprint density at radius 3 is 3.00 bits per heavy atom. The lowest BCUT2D eigenvalue weighted by Gasteiger charge is -1.98. The molecule has 0 radical (unpaired) electrons. The number of carboxylic acid groups (broad SMARTS) is 1. The van der Waals surface area contributed by atoms with E-state index in [0.717, 1.165) is 0 Å². The van der Waals surface area contributed by atoms with E-state index in [4.69, 9.17) is 25.9 Å². The standard InChI is InChI=1S/C11H8ClFN2O4/c12-6-1-2-8(13)7(3-6)11-15-14-9(19-11)4-18-5-10(16)17/h1-3H,4-5H2,(H,16,17). The van der Waals surface area contributed by atoms with E-state index in [1.54, 1.807) is 0 Å². The second-order valence-electron chi connectivity index (χ2n) is 3.51. The van der Waals surface area contributed by atoms with Gasteiger partial charge in [0.25, 0.3) is 5.89 Å². The van der Waals surface area contributed by atoms with Crippen molar-refractivity contribution >= 4 is 17.6 Å². The van der Waals surface area contributed by atoms with E-state index >= 15 is 0 Å². The first-order valence-electron chi connectivity index (χ1n) is 5.13. The number of halogens is 2. The van der Waals surface area contributed by atoms with Crippen molar-refractivity contribution in [1.29, 1.82) is 0 Å². The minimum Gasteiger partial charge on any atom is -0.480 e. The van der Waals surface area contributed by atoms with Gasteiger partial charge in [-0.3, -0.25) is 0 Å². The monoisotopic (exact) mass is 286 g/mol. The van der Waals surface area contributed by atoms with Crippen LogP contribution in [0, 0.1) is 5.82 Å². The van der Waals surface area contributed by atoms with E-state index in [1.165, 1.54) is 18.2 Å².